The molecule has 74 valence electrons. The summed E-state index contributed by atoms with van der Waals surface area (Å²) in [6, 6.07) is 10.3. The van der Waals surface area contributed by atoms with Gasteiger partial charge in [0.2, 0.25) is 0 Å². The second kappa shape index (κ2) is 3.92. The predicted octanol–water partition coefficient (Wildman–Crippen LogP) is 1.11. The second-order valence-electron chi connectivity index (χ2n) is 3.10. The minimum atomic E-state index is -1.16. The molecule has 0 spiro atoms. The molecule has 1 heterocycles. The maximum absolute atomic E-state index is 10.7. The molecule has 15 heavy (non-hydrogen) atoms. The monoisotopic (exact) mass is 198 g/mol. The molecular weight excluding hydrogens is 190 g/mol. The molecular formula is C12H8NO2-. The third kappa shape index (κ3) is 2.02. The van der Waals surface area contributed by atoms with Crippen molar-refractivity contribution in [3.05, 3.63) is 54.4 Å². The van der Waals surface area contributed by atoms with E-state index in [1.807, 2.05) is 18.2 Å². The lowest BCUT2D eigenvalue weighted by molar-refractivity contribution is -0.255. The molecule has 0 aliphatic rings. The van der Waals surface area contributed by atoms with Gasteiger partial charge in [0.1, 0.15) is 0 Å². The molecule has 3 heteroatoms. The third-order valence-electron chi connectivity index (χ3n) is 2.11. The Kier molecular flexibility index (Phi) is 2.46. The number of aromatic nitrogens is 1. The second-order valence-corrected chi connectivity index (χ2v) is 3.10. The standard InChI is InChI=1S/C12H9NO2/c14-12(15)11-3-1-2-10(8-11)9-4-6-13-7-5-9/h1-8H,(H,14,15)/p-1. The number of carbonyl (C=O) groups excluding carboxylic acids is 1. The first kappa shape index (κ1) is 9.40. The summed E-state index contributed by atoms with van der Waals surface area (Å²) >= 11 is 0. The Morgan fingerprint density at radius 3 is 2.47 bits per heavy atom. The van der Waals surface area contributed by atoms with Gasteiger partial charge in [0.15, 0.2) is 0 Å². The van der Waals surface area contributed by atoms with Crippen LogP contribution in [-0.4, -0.2) is 11.0 Å². The number of pyridine rings is 1. The highest BCUT2D eigenvalue weighted by molar-refractivity contribution is 5.87. The number of carboxylic acid groups (broad SMARTS) is 1. The van der Waals surface area contributed by atoms with E-state index in [1.165, 1.54) is 6.07 Å². The fourth-order valence-electron chi connectivity index (χ4n) is 1.37. The van der Waals surface area contributed by atoms with Gasteiger partial charge in [0, 0.05) is 12.4 Å². The summed E-state index contributed by atoms with van der Waals surface area (Å²) in [5.74, 6) is -1.16. The van der Waals surface area contributed by atoms with E-state index >= 15 is 0 Å². The molecule has 1 aromatic heterocycles. The van der Waals surface area contributed by atoms with Crippen molar-refractivity contribution in [2.45, 2.75) is 0 Å². The lowest BCUT2D eigenvalue weighted by Crippen LogP contribution is -2.22. The Bertz CT molecular complexity index is 480. The summed E-state index contributed by atoms with van der Waals surface area (Å²) in [5, 5.41) is 10.7. The summed E-state index contributed by atoms with van der Waals surface area (Å²) in [5.41, 5.74) is 1.97. The van der Waals surface area contributed by atoms with Gasteiger partial charge in [-0.2, -0.15) is 0 Å². The molecule has 0 N–H and O–H groups in total. The largest absolute Gasteiger partial charge is 0.545 e. The Morgan fingerprint density at radius 1 is 1.07 bits per heavy atom. The molecule has 0 atom stereocenters. The molecule has 3 nitrogen and oxygen atoms in total. The molecule has 0 radical (unpaired) electrons. The van der Waals surface area contributed by atoms with Crippen molar-refractivity contribution in [3.8, 4) is 11.1 Å². The van der Waals surface area contributed by atoms with E-state index in [0.717, 1.165) is 11.1 Å². The number of hydrogen-bond donors (Lipinski definition) is 0. The Balaban J connectivity index is 2.46. The molecule has 1 aromatic carbocycles. The number of carboxylic acids is 1. The topological polar surface area (TPSA) is 53.0 Å². The lowest BCUT2D eigenvalue weighted by atomic mass is 10.0. The fraction of sp³-hybridized carbons (Fsp3) is 0. The molecule has 0 unspecified atom stereocenters. The summed E-state index contributed by atoms with van der Waals surface area (Å²) in [7, 11) is 0. The van der Waals surface area contributed by atoms with Crippen LogP contribution in [0.15, 0.2) is 48.8 Å². The van der Waals surface area contributed by atoms with E-state index in [4.69, 9.17) is 0 Å². The van der Waals surface area contributed by atoms with Crippen molar-refractivity contribution in [2.24, 2.45) is 0 Å². The predicted molar refractivity (Wildman–Crippen MR) is 54.0 cm³/mol. The lowest BCUT2D eigenvalue weighted by Gasteiger charge is -2.05. The highest BCUT2D eigenvalue weighted by atomic mass is 16.4. The Morgan fingerprint density at radius 2 is 1.80 bits per heavy atom. The first-order valence-electron chi connectivity index (χ1n) is 4.49. The van der Waals surface area contributed by atoms with Gasteiger partial charge < -0.3 is 9.90 Å². The number of benzene rings is 1. The van der Waals surface area contributed by atoms with Gasteiger partial charge in [-0.25, -0.2) is 0 Å². The smallest absolute Gasteiger partial charge is 0.0715 e. The van der Waals surface area contributed by atoms with Crippen LogP contribution >= 0.6 is 0 Å². The maximum Gasteiger partial charge on any atom is 0.0715 e. The van der Waals surface area contributed by atoms with Gasteiger partial charge in [-0.1, -0.05) is 18.2 Å². The molecule has 0 aliphatic carbocycles. The first-order valence-corrected chi connectivity index (χ1v) is 4.49. The van der Waals surface area contributed by atoms with Crippen LogP contribution in [0.3, 0.4) is 0 Å². The highest BCUT2D eigenvalue weighted by Gasteiger charge is 1.98. The van der Waals surface area contributed by atoms with Crippen LogP contribution in [0.25, 0.3) is 11.1 Å². The van der Waals surface area contributed by atoms with Crippen molar-refractivity contribution < 1.29 is 9.90 Å². The Hall–Kier alpha value is -2.16. The van der Waals surface area contributed by atoms with E-state index in [-0.39, 0.29) is 5.56 Å². The van der Waals surface area contributed by atoms with E-state index in [9.17, 15) is 9.90 Å². The van der Waals surface area contributed by atoms with Gasteiger partial charge in [-0.05, 0) is 34.9 Å². The van der Waals surface area contributed by atoms with Crippen molar-refractivity contribution in [3.63, 3.8) is 0 Å². The molecule has 0 amide bonds. The number of carbonyl (C=O) groups is 1. The van der Waals surface area contributed by atoms with Crippen LogP contribution in [0.5, 0.6) is 0 Å². The minimum Gasteiger partial charge on any atom is -0.545 e. The molecule has 2 rings (SSSR count). The zero-order chi connectivity index (χ0) is 10.7. The minimum absolute atomic E-state index is 0.185. The first-order chi connectivity index (χ1) is 7.27. The molecule has 0 aliphatic heterocycles. The number of aromatic carboxylic acids is 1. The molecule has 0 fully saturated rings. The molecule has 0 bridgehead atoms. The molecule has 0 saturated carbocycles. The summed E-state index contributed by atoms with van der Waals surface area (Å²) in [4.78, 5) is 14.6. The SMILES string of the molecule is O=C([O-])c1cccc(-c2ccncc2)c1. The normalized spacial score (nSPS) is 9.87. The average molecular weight is 198 g/mol. The van der Waals surface area contributed by atoms with E-state index < -0.39 is 5.97 Å². The van der Waals surface area contributed by atoms with Gasteiger partial charge >= 0.3 is 0 Å². The molecule has 0 saturated heterocycles. The van der Waals surface area contributed by atoms with Gasteiger partial charge in [0.25, 0.3) is 0 Å². The van der Waals surface area contributed by atoms with Gasteiger partial charge in [-0.15, -0.1) is 0 Å². The van der Waals surface area contributed by atoms with Gasteiger partial charge in [0.05, 0.1) is 5.97 Å². The van der Waals surface area contributed by atoms with Crippen LogP contribution in [-0.2, 0) is 0 Å². The van der Waals surface area contributed by atoms with E-state index in [2.05, 4.69) is 4.98 Å². The van der Waals surface area contributed by atoms with Crippen LogP contribution < -0.4 is 5.11 Å². The fourth-order valence-corrected chi connectivity index (χ4v) is 1.37. The zero-order valence-corrected chi connectivity index (χ0v) is 7.88. The van der Waals surface area contributed by atoms with Crippen LogP contribution in [0.4, 0.5) is 0 Å². The van der Waals surface area contributed by atoms with Crippen LogP contribution in [0.1, 0.15) is 10.4 Å². The van der Waals surface area contributed by atoms with E-state index in [1.54, 1.807) is 24.5 Å². The van der Waals surface area contributed by atoms with Crippen LogP contribution in [0.2, 0.25) is 0 Å². The average Bonchev–Trinajstić information content (AvgIpc) is 2.30. The van der Waals surface area contributed by atoms with Crippen LogP contribution in [0, 0.1) is 0 Å². The number of hydrogen-bond acceptors (Lipinski definition) is 3. The summed E-state index contributed by atoms with van der Waals surface area (Å²) in [6.45, 7) is 0. The highest BCUT2D eigenvalue weighted by Crippen LogP contribution is 2.18. The summed E-state index contributed by atoms with van der Waals surface area (Å²) < 4.78 is 0. The van der Waals surface area contributed by atoms with E-state index in [0.29, 0.717) is 0 Å². The third-order valence-corrected chi connectivity index (χ3v) is 2.11. The molecule has 2 aromatic rings. The summed E-state index contributed by atoms with van der Waals surface area (Å²) in [6.07, 6.45) is 3.34. The van der Waals surface area contributed by atoms with Crippen molar-refractivity contribution in [1.82, 2.24) is 4.98 Å². The zero-order valence-electron chi connectivity index (χ0n) is 7.88. The van der Waals surface area contributed by atoms with Crippen molar-refractivity contribution in [1.29, 1.82) is 0 Å². The maximum atomic E-state index is 10.7. The Labute approximate surface area is 87.0 Å². The number of rotatable bonds is 2. The van der Waals surface area contributed by atoms with Crippen molar-refractivity contribution in [2.75, 3.05) is 0 Å². The number of nitrogens with zero attached hydrogens (tertiary/aromatic N) is 1. The van der Waals surface area contributed by atoms with Crippen molar-refractivity contribution >= 4 is 5.97 Å². The van der Waals surface area contributed by atoms with Gasteiger partial charge in [-0.3, -0.25) is 4.98 Å². The quantitative estimate of drug-likeness (QED) is 0.726.